The van der Waals surface area contributed by atoms with Crippen LogP contribution in [0, 0.1) is 16.5 Å². The fraction of sp³-hybridized carbons (Fsp3) is 0.667. The van der Waals surface area contributed by atoms with Crippen LogP contribution in [0.2, 0.25) is 0 Å². The quantitative estimate of drug-likeness (QED) is 0.768. The molecule has 0 saturated heterocycles. The molecule has 0 radical (unpaired) electrons. The summed E-state index contributed by atoms with van der Waals surface area (Å²) in [5.74, 6) is -2.32. The summed E-state index contributed by atoms with van der Waals surface area (Å²) in [5, 5.41) is 4.24. The van der Waals surface area contributed by atoms with E-state index in [1.165, 1.54) is 0 Å². The third kappa shape index (κ3) is 2.07. The summed E-state index contributed by atoms with van der Waals surface area (Å²) in [6, 6.07) is 0. The SMILES string of the molecule is Cc1cn(CC2CC(F)(F)C2)nc1I. The highest BCUT2D eigenvalue weighted by Crippen LogP contribution is 2.42. The lowest BCUT2D eigenvalue weighted by molar-refractivity contribution is -0.114. The Hall–Kier alpha value is -0.200. The van der Waals surface area contributed by atoms with Crippen molar-refractivity contribution in [2.45, 2.75) is 32.2 Å². The average molecular weight is 312 g/mol. The molecule has 0 aromatic carbocycles. The standard InChI is InChI=1S/C9H11F2IN2/c1-6-4-14(13-8(6)12)5-7-2-9(10,11)3-7/h4,7H,2-3,5H2,1H3. The summed E-state index contributed by atoms with van der Waals surface area (Å²) >= 11 is 2.15. The molecular formula is C9H11F2IN2. The number of rotatable bonds is 2. The maximum absolute atomic E-state index is 12.5. The first-order valence-corrected chi connectivity index (χ1v) is 5.61. The van der Waals surface area contributed by atoms with Crippen LogP contribution in [-0.4, -0.2) is 15.7 Å². The molecule has 1 saturated carbocycles. The van der Waals surface area contributed by atoms with Gasteiger partial charge in [0.2, 0.25) is 5.92 Å². The molecule has 1 aliphatic rings. The maximum Gasteiger partial charge on any atom is 0.248 e. The van der Waals surface area contributed by atoms with Crippen LogP contribution in [-0.2, 0) is 6.54 Å². The maximum atomic E-state index is 12.5. The lowest BCUT2D eigenvalue weighted by Gasteiger charge is -2.34. The highest BCUT2D eigenvalue weighted by Gasteiger charge is 2.45. The first kappa shape index (κ1) is 10.3. The molecule has 5 heteroatoms. The summed E-state index contributed by atoms with van der Waals surface area (Å²) in [6.07, 6.45) is 1.95. The molecular weight excluding hydrogens is 301 g/mol. The minimum Gasteiger partial charge on any atom is -0.271 e. The van der Waals surface area contributed by atoms with Crippen molar-refractivity contribution in [1.82, 2.24) is 9.78 Å². The van der Waals surface area contributed by atoms with Crippen LogP contribution in [0.5, 0.6) is 0 Å². The van der Waals surface area contributed by atoms with E-state index >= 15 is 0 Å². The van der Waals surface area contributed by atoms with Gasteiger partial charge in [-0.1, -0.05) is 0 Å². The van der Waals surface area contributed by atoms with E-state index in [0.29, 0.717) is 6.54 Å². The molecule has 0 spiro atoms. The molecule has 2 rings (SSSR count). The Labute approximate surface area is 94.8 Å². The zero-order chi connectivity index (χ0) is 10.3. The molecule has 0 atom stereocenters. The Balaban J connectivity index is 1.93. The van der Waals surface area contributed by atoms with Gasteiger partial charge in [-0.15, -0.1) is 0 Å². The predicted octanol–water partition coefficient (Wildman–Crippen LogP) is 2.84. The van der Waals surface area contributed by atoms with Gasteiger partial charge in [0.05, 0.1) is 0 Å². The van der Waals surface area contributed by atoms with Crippen molar-refractivity contribution in [1.29, 1.82) is 0 Å². The van der Waals surface area contributed by atoms with Gasteiger partial charge in [-0.2, -0.15) is 5.10 Å². The Morgan fingerprint density at radius 1 is 1.64 bits per heavy atom. The highest BCUT2D eigenvalue weighted by atomic mass is 127. The second-order valence-corrected chi connectivity index (χ2v) is 4.98. The van der Waals surface area contributed by atoms with Gasteiger partial charge >= 0.3 is 0 Å². The van der Waals surface area contributed by atoms with E-state index in [9.17, 15) is 8.78 Å². The molecule has 0 aliphatic heterocycles. The van der Waals surface area contributed by atoms with Crippen LogP contribution in [0.4, 0.5) is 8.78 Å². The second kappa shape index (κ2) is 3.43. The molecule has 0 amide bonds. The molecule has 2 nitrogen and oxygen atoms in total. The number of aryl methyl sites for hydroxylation is 1. The zero-order valence-corrected chi connectivity index (χ0v) is 9.96. The van der Waals surface area contributed by atoms with Crippen LogP contribution < -0.4 is 0 Å². The van der Waals surface area contributed by atoms with E-state index in [-0.39, 0.29) is 18.8 Å². The molecule has 0 bridgehead atoms. The van der Waals surface area contributed by atoms with Crippen LogP contribution in [0.3, 0.4) is 0 Å². The Bertz CT molecular complexity index is 321. The molecule has 78 valence electrons. The Kier molecular flexibility index (Phi) is 2.53. The first-order chi connectivity index (χ1) is 6.46. The summed E-state index contributed by atoms with van der Waals surface area (Å²) in [4.78, 5) is 0. The molecule has 0 unspecified atom stereocenters. The summed E-state index contributed by atoms with van der Waals surface area (Å²) in [7, 11) is 0. The van der Waals surface area contributed by atoms with Crippen LogP contribution in [0.15, 0.2) is 6.20 Å². The van der Waals surface area contributed by atoms with Gasteiger partial charge in [-0.05, 0) is 35.4 Å². The summed E-state index contributed by atoms with van der Waals surface area (Å²) in [6.45, 7) is 2.60. The molecule has 1 aromatic rings. The van der Waals surface area contributed by atoms with Crippen molar-refractivity contribution in [3.05, 3.63) is 15.5 Å². The third-order valence-corrected chi connectivity index (χ3v) is 3.57. The second-order valence-electron chi connectivity index (χ2n) is 3.96. The van der Waals surface area contributed by atoms with E-state index in [1.54, 1.807) is 4.68 Å². The van der Waals surface area contributed by atoms with Crippen LogP contribution in [0.25, 0.3) is 0 Å². The third-order valence-electron chi connectivity index (χ3n) is 2.50. The van der Waals surface area contributed by atoms with Gasteiger partial charge in [-0.3, -0.25) is 4.68 Å². The van der Waals surface area contributed by atoms with E-state index in [4.69, 9.17) is 0 Å². The van der Waals surface area contributed by atoms with Gasteiger partial charge in [0, 0.05) is 31.1 Å². The lowest BCUT2D eigenvalue weighted by atomic mass is 9.81. The predicted molar refractivity (Wildman–Crippen MR) is 57.4 cm³/mol. The van der Waals surface area contributed by atoms with Gasteiger partial charge in [0.1, 0.15) is 3.70 Å². The van der Waals surface area contributed by atoms with Gasteiger partial charge in [0.25, 0.3) is 0 Å². The van der Waals surface area contributed by atoms with Crippen molar-refractivity contribution in [2.24, 2.45) is 5.92 Å². The number of halogens is 3. The van der Waals surface area contributed by atoms with E-state index in [0.717, 1.165) is 9.26 Å². The largest absolute Gasteiger partial charge is 0.271 e. The fourth-order valence-electron chi connectivity index (χ4n) is 1.77. The van der Waals surface area contributed by atoms with Crippen LogP contribution >= 0.6 is 22.6 Å². The Morgan fingerprint density at radius 2 is 2.29 bits per heavy atom. The minimum atomic E-state index is -2.42. The van der Waals surface area contributed by atoms with Gasteiger partial charge < -0.3 is 0 Å². The van der Waals surface area contributed by atoms with Crippen molar-refractivity contribution in [3.63, 3.8) is 0 Å². The molecule has 1 aromatic heterocycles. The van der Waals surface area contributed by atoms with Crippen molar-refractivity contribution in [2.75, 3.05) is 0 Å². The Morgan fingerprint density at radius 3 is 2.71 bits per heavy atom. The summed E-state index contributed by atoms with van der Waals surface area (Å²) in [5.41, 5.74) is 1.11. The van der Waals surface area contributed by atoms with E-state index < -0.39 is 5.92 Å². The molecule has 1 heterocycles. The number of alkyl halides is 2. The van der Waals surface area contributed by atoms with E-state index in [2.05, 4.69) is 27.7 Å². The van der Waals surface area contributed by atoms with Crippen LogP contribution in [0.1, 0.15) is 18.4 Å². The van der Waals surface area contributed by atoms with E-state index in [1.807, 2.05) is 13.1 Å². The van der Waals surface area contributed by atoms with Gasteiger partial charge in [0.15, 0.2) is 0 Å². The van der Waals surface area contributed by atoms with Crippen molar-refractivity contribution < 1.29 is 8.78 Å². The monoisotopic (exact) mass is 312 g/mol. The number of hydrogen-bond acceptors (Lipinski definition) is 1. The van der Waals surface area contributed by atoms with Crippen molar-refractivity contribution in [3.8, 4) is 0 Å². The number of nitrogens with zero attached hydrogens (tertiary/aromatic N) is 2. The molecule has 14 heavy (non-hydrogen) atoms. The topological polar surface area (TPSA) is 17.8 Å². The summed E-state index contributed by atoms with van der Waals surface area (Å²) < 4.78 is 27.8. The molecule has 1 fully saturated rings. The molecule has 0 N–H and O–H groups in total. The average Bonchev–Trinajstić information content (AvgIpc) is 2.27. The fourth-order valence-corrected chi connectivity index (χ4v) is 2.19. The zero-order valence-electron chi connectivity index (χ0n) is 7.80. The smallest absolute Gasteiger partial charge is 0.248 e. The van der Waals surface area contributed by atoms with Crippen molar-refractivity contribution >= 4 is 22.6 Å². The van der Waals surface area contributed by atoms with Gasteiger partial charge in [-0.25, -0.2) is 8.78 Å². The molecule has 1 aliphatic carbocycles. The minimum absolute atomic E-state index is 0.0164. The normalized spacial score (nSPS) is 20.9. The number of aromatic nitrogens is 2. The lowest BCUT2D eigenvalue weighted by Crippen LogP contribution is -2.37. The highest BCUT2D eigenvalue weighted by molar-refractivity contribution is 14.1. The number of hydrogen-bond donors (Lipinski definition) is 0. The first-order valence-electron chi connectivity index (χ1n) is 4.54.